The van der Waals surface area contributed by atoms with Crippen LogP contribution in [0.1, 0.15) is 49.4 Å². The van der Waals surface area contributed by atoms with Crippen molar-refractivity contribution in [2.75, 3.05) is 0 Å². The fraction of sp³-hybridized carbons (Fsp3) is 0.364. The van der Waals surface area contributed by atoms with E-state index in [1.54, 1.807) is 0 Å². The van der Waals surface area contributed by atoms with Crippen LogP contribution in [-0.4, -0.2) is 15.2 Å². The Balaban J connectivity index is 2.00. The molecule has 3 heteroatoms. The fourth-order valence-electron chi connectivity index (χ4n) is 3.16. The number of carbonyl (C=O) groups excluding carboxylic acids is 1. The summed E-state index contributed by atoms with van der Waals surface area (Å²) in [5, 5.41) is 0. The average molecular weight is 334 g/mol. The molecule has 0 amide bonds. The monoisotopic (exact) mass is 334 g/mol. The normalized spacial score (nSPS) is 11.2. The lowest BCUT2D eigenvalue weighted by Crippen LogP contribution is -2.06. The second-order valence-corrected chi connectivity index (χ2v) is 6.88. The summed E-state index contributed by atoms with van der Waals surface area (Å²) in [7, 11) is 0. The van der Waals surface area contributed by atoms with E-state index in [-0.39, 0.29) is 0 Å². The predicted molar refractivity (Wildman–Crippen MR) is 103 cm³/mol. The second-order valence-electron chi connectivity index (χ2n) is 6.88. The van der Waals surface area contributed by atoms with Gasteiger partial charge in [0.05, 0.1) is 11.4 Å². The van der Waals surface area contributed by atoms with E-state index in [2.05, 4.69) is 61.7 Å². The standard InChI is InChI=1S/C22H26N2O/c1-4-5-6-7-19(25)14-20-22(18-11-8-16(2)9-12-18)23-21-13-10-17(3)15-24(20)21/h8-13,15H,4-7,14H2,1-3H3. The number of hydrogen-bond acceptors (Lipinski definition) is 2. The van der Waals surface area contributed by atoms with Crippen molar-refractivity contribution in [3.8, 4) is 11.3 Å². The van der Waals surface area contributed by atoms with Crippen molar-refractivity contribution >= 4 is 11.4 Å². The third-order valence-corrected chi connectivity index (χ3v) is 4.61. The molecule has 0 unspecified atom stereocenters. The Labute approximate surface area is 149 Å². The molecule has 3 rings (SSSR count). The lowest BCUT2D eigenvalue weighted by Gasteiger charge is -2.06. The van der Waals surface area contributed by atoms with E-state index in [1.807, 2.05) is 6.07 Å². The van der Waals surface area contributed by atoms with Gasteiger partial charge in [-0.2, -0.15) is 0 Å². The molecular weight excluding hydrogens is 308 g/mol. The van der Waals surface area contributed by atoms with Crippen LogP contribution in [0, 0.1) is 13.8 Å². The molecule has 0 saturated carbocycles. The van der Waals surface area contributed by atoms with Crippen LogP contribution in [0.5, 0.6) is 0 Å². The van der Waals surface area contributed by atoms with Crippen molar-refractivity contribution in [3.05, 3.63) is 59.4 Å². The molecule has 2 heterocycles. The number of aromatic nitrogens is 2. The average Bonchev–Trinajstić information content (AvgIpc) is 2.94. The number of imidazole rings is 1. The maximum atomic E-state index is 12.5. The topological polar surface area (TPSA) is 34.4 Å². The molecule has 3 aromatic rings. The first-order valence-electron chi connectivity index (χ1n) is 9.15. The van der Waals surface area contributed by atoms with Gasteiger partial charge in [0.1, 0.15) is 11.4 Å². The number of ketones is 1. The maximum absolute atomic E-state index is 12.5. The van der Waals surface area contributed by atoms with Gasteiger partial charge in [-0.3, -0.25) is 4.79 Å². The maximum Gasteiger partial charge on any atom is 0.138 e. The molecule has 2 aromatic heterocycles. The molecule has 0 atom stereocenters. The van der Waals surface area contributed by atoms with Crippen LogP contribution in [-0.2, 0) is 11.2 Å². The summed E-state index contributed by atoms with van der Waals surface area (Å²) in [5.74, 6) is 0.296. The van der Waals surface area contributed by atoms with E-state index < -0.39 is 0 Å². The van der Waals surface area contributed by atoms with E-state index in [4.69, 9.17) is 4.98 Å². The summed E-state index contributed by atoms with van der Waals surface area (Å²) in [6, 6.07) is 12.5. The zero-order valence-corrected chi connectivity index (χ0v) is 15.4. The Hall–Kier alpha value is -2.42. The van der Waals surface area contributed by atoms with Gasteiger partial charge in [0.25, 0.3) is 0 Å². The van der Waals surface area contributed by atoms with Crippen LogP contribution in [0.3, 0.4) is 0 Å². The smallest absolute Gasteiger partial charge is 0.138 e. The summed E-state index contributed by atoms with van der Waals surface area (Å²) < 4.78 is 2.09. The van der Waals surface area contributed by atoms with Crippen molar-refractivity contribution in [1.29, 1.82) is 0 Å². The highest BCUT2D eigenvalue weighted by molar-refractivity contribution is 5.83. The first-order chi connectivity index (χ1) is 12.1. The molecule has 0 aliphatic carbocycles. The first-order valence-corrected chi connectivity index (χ1v) is 9.15. The summed E-state index contributed by atoms with van der Waals surface area (Å²) in [6.45, 7) is 6.31. The van der Waals surface area contributed by atoms with Gasteiger partial charge >= 0.3 is 0 Å². The van der Waals surface area contributed by atoms with Gasteiger partial charge < -0.3 is 4.40 Å². The number of benzene rings is 1. The Kier molecular flexibility index (Phi) is 5.32. The largest absolute Gasteiger partial charge is 0.303 e. The highest BCUT2D eigenvalue weighted by Gasteiger charge is 2.17. The summed E-state index contributed by atoms with van der Waals surface area (Å²) in [4.78, 5) is 17.3. The third kappa shape index (κ3) is 3.98. The molecule has 0 saturated heterocycles. The Morgan fingerprint density at radius 3 is 2.44 bits per heavy atom. The minimum Gasteiger partial charge on any atom is -0.303 e. The fourth-order valence-corrected chi connectivity index (χ4v) is 3.16. The summed E-state index contributed by atoms with van der Waals surface area (Å²) in [6.07, 6.45) is 6.40. The van der Waals surface area contributed by atoms with Gasteiger partial charge in [0.15, 0.2) is 0 Å². The van der Waals surface area contributed by atoms with Crippen LogP contribution in [0.4, 0.5) is 0 Å². The van der Waals surface area contributed by atoms with Gasteiger partial charge in [-0.15, -0.1) is 0 Å². The minimum absolute atomic E-state index is 0.296. The number of nitrogens with zero attached hydrogens (tertiary/aromatic N) is 2. The van der Waals surface area contributed by atoms with Crippen molar-refractivity contribution < 1.29 is 4.79 Å². The number of Topliss-reactive ketones (excluding diaryl/α,β-unsaturated/α-hetero) is 1. The minimum atomic E-state index is 0.296. The van der Waals surface area contributed by atoms with Crippen molar-refractivity contribution in [2.45, 2.75) is 52.9 Å². The summed E-state index contributed by atoms with van der Waals surface area (Å²) >= 11 is 0. The number of fused-ring (bicyclic) bond motifs is 1. The van der Waals surface area contributed by atoms with Crippen LogP contribution in [0.15, 0.2) is 42.6 Å². The third-order valence-electron chi connectivity index (χ3n) is 4.61. The second kappa shape index (κ2) is 7.64. The molecule has 0 aliphatic rings. The van der Waals surface area contributed by atoms with E-state index >= 15 is 0 Å². The van der Waals surface area contributed by atoms with Gasteiger partial charge in [0.2, 0.25) is 0 Å². The quantitative estimate of drug-likeness (QED) is 0.549. The number of carbonyl (C=O) groups is 1. The van der Waals surface area contributed by atoms with Gasteiger partial charge in [0, 0.05) is 24.6 Å². The lowest BCUT2D eigenvalue weighted by atomic mass is 10.0. The Bertz CT molecular complexity index is 875. The molecule has 130 valence electrons. The van der Waals surface area contributed by atoms with E-state index in [0.717, 1.165) is 41.9 Å². The van der Waals surface area contributed by atoms with Crippen LogP contribution >= 0.6 is 0 Å². The van der Waals surface area contributed by atoms with Crippen molar-refractivity contribution in [1.82, 2.24) is 9.38 Å². The van der Waals surface area contributed by atoms with E-state index in [9.17, 15) is 4.79 Å². The number of aryl methyl sites for hydroxylation is 2. The summed E-state index contributed by atoms with van der Waals surface area (Å²) in [5.41, 5.74) is 6.29. The van der Waals surface area contributed by atoms with E-state index in [1.165, 1.54) is 11.1 Å². The lowest BCUT2D eigenvalue weighted by molar-refractivity contribution is -0.118. The van der Waals surface area contributed by atoms with Crippen LogP contribution in [0.2, 0.25) is 0 Å². The molecule has 25 heavy (non-hydrogen) atoms. The van der Waals surface area contributed by atoms with Gasteiger partial charge in [-0.1, -0.05) is 55.7 Å². The van der Waals surface area contributed by atoms with Crippen molar-refractivity contribution in [3.63, 3.8) is 0 Å². The molecular formula is C22H26N2O. The van der Waals surface area contributed by atoms with Crippen molar-refractivity contribution in [2.24, 2.45) is 0 Å². The SMILES string of the molecule is CCCCCC(=O)Cc1c(-c2ccc(C)cc2)nc2ccc(C)cn12. The zero-order chi connectivity index (χ0) is 17.8. The van der Waals surface area contributed by atoms with Gasteiger partial charge in [-0.25, -0.2) is 4.98 Å². The Morgan fingerprint density at radius 1 is 1.00 bits per heavy atom. The zero-order valence-electron chi connectivity index (χ0n) is 15.4. The highest BCUT2D eigenvalue weighted by atomic mass is 16.1. The first kappa shape index (κ1) is 17.4. The predicted octanol–water partition coefficient (Wildman–Crippen LogP) is 5.31. The number of unbranched alkanes of at least 4 members (excludes halogenated alkanes) is 2. The van der Waals surface area contributed by atoms with E-state index in [0.29, 0.717) is 18.6 Å². The molecule has 0 fully saturated rings. The number of hydrogen-bond donors (Lipinski definition) is 0. The molecule has 1 aromatic carbocycles. The number of pyridine rings is 1. The molecule has 0 N–H and O–H groups in total. The van der Waals surface area contributed by atoms with Crippen LogP contribution < -0.4 is 0 Å². The molecule has 3 nitrogen and oxygen atoms in total. The molecule has 0 spiro atoms. The Morgan fingerprint density at radius 2 is 1.72 bits per heavy atom. The molecule has 0 radical (unpaired) electrons. The molecule has 0 bridgehead atoms. The highest BCUT2D eigenvalue weighted by Crippen LogP contribution is 2.26. The van der Waals surface area contributed by atoms with Crippen LogP contribution in [0.25, 0.3) is 16.9 Å². The number of rotatable bonds is 7. The molecule has 0 aliphatic heterocycles. The van der Waals surface area contributed by atoms with Gasteiger partial charge in [-0.05, 0) is 31.9 Å².